The van der Waals surface area contributed by atoms with E-state index < -0.39 is 7.82 Å². The third-order valence-corrected chi connectivity index (χ3v) is 3.40. The molecule has 0 aliphatic carbocycles. The first kappa shape index (κ1) is 15.2. The van der Waals surface area contributed by atoms with E-state index in [1.807, 2.05) is 32.9 Å². The normalized spacial score (nSPS) is 14.6. The average molecular weight is 273 g/mol. The summed E-state index contributed by atoms with van der Waals surface area (Å²) in [7, 11) is -4.09. The van der Waals surface area contributed by atoms with Crippen molar-refractivity contribution in [3.63, 3.8) is 0 Å². The molecule has 1 aromatic carbocycles. The van der Waals surface area contributed by atoms with E-state index >= 15 is 0 Å². The zero-order valence-electron chi connectivity index (χ0n) is 10.9. The van der Waals surface area contributed by atoms with E-state index in [9.17, 15) is 9.46 Å². The number of benzene rings is 1. The summed E-state index contributed by atoms with van der Waals surface area (Å²) in [5.74, 6) is 0.681. The highest BCUT2D eigenvalue weighted by atomic mass is 31.2. The van der Waals surface area contributed by atoms with Gasteiger partial charge in [0.2, 0.25) is 0 Å². The summed E-state index contributed by atoms with van der Waals surface area (Å²) in [6.45, 7) is 6.04. The first-order chi connectivity index (χ1) is 8.35. The van der Waals surface area contributed by atoms with E-state index in [2.05, 4.69) is 0 Å². The van der Waals surface area contributed by atoms with Crippen LogP contribution in [0.3, 0.4) is 0 Å². The van der Waals surface area contributed by atoms with Gasteiger partial charge < -0.3 is 10.3 Å². The SMILES string of the molecule is Cc1ccc(C(C)C)cc1OP(=O)(O)OCCN. The molecule has 5 nitrogen and oxygen atoms in total. The summed E-state index contributed by atoms with van der Waals surface area (Å²) in [5.41, 5.74) is 7.03. The topological polar surface area (TPSA) is 81.8 Å². The van der Waals surface area contributed by atoms with Crippen molar-refractivity contribution in [2.45, 2.75) is 26.7 Å². The molecular formula is C12H20NO4P. The molecule has 0 heterocycles. The number of phosphoric acid groups is 1. The molecule has 0 radical (unpaired) electrons. The maximum atomic E-state index is 11.6. The van der Waals surface area contributed by atoms with Crippen molar-refractivity contribution in [2.75, 3.05) is 13.2 Å². The molecule has 0 aliphatic heterocycles. The third kappa shape index (κ3) is 4.42. The highest BCUT2D eigenvalue weighted by Crippen LogP contribution is 2.45. The molecule has 0 spiro atoms. The number of hydrogen-bond donors (Lipinski definition) is 2. The Morgan fingerprint density at radius 2 is 2.11 bits per heavy atom. The lowest BCUT2D eigenvalue weighted by molar-refractivity contribution is 0.208. The van der Waals surface area contributed by atoms with Crippen LogP contribution in [0, 0.1) is 6.92 Å². The summed E-state index contributed by atoms with van der Waals surface area (Å²) < 4.78 is 21.4. The molecule has 1 rings (SSSR count). The Balaban J connectivity index is 2.89. The highest BCUT2D eigenvalue weighted by molar-refractivity contribution is 7.47. The van der Waals surface area contributed by atoms with Crippen LogP contribution < -0.4 is 10.3 Å². The van der Waals surface area contributed by atoms with Crippen LogP contribution in [0.5, 0.6) is 5.75 Å². The molecule has 0 aliphatic rings. The average Bonchev–Trinajstić information content (AvgIpc) is 2.29. The van der Waals surface area contributed by atoms with E-state index in [4.69, 9.17) is 14.8 Å². The van der Waals surface area contributed by atoms with Crippen molar-refractivity contribution in [2.24, 2.45) is 5.73 Å². The Hall–Kier alpha value is -0.870. The standard InChI is InChI=1S/C12H20NO4P/c1-9(2)11-5-4-10(3)12(8-11)17-18(14,15)16-7-6-13/h4-5,8-9H,6-7,13H2,1-3H3,(H,14,15). The van der Waals surface area contributed by atoms with Gasteiger partial charge in [-0.3, -0.25) is 9.42 Å². The van der Waals surface area contributed by atoms with Crippen LogP contribution in [0.4, 0.5) is 0 Å². The lowest BCUT2D eigenvalue weighted by Crippen LogP contribution is -2.09. The summed E-state index contributed by atoms with van der Waals surface area (Å²) in [4.78, 5) is 9.51. The molecule has 18 heavy (non-hydrogen) atoms. The zero-order chi connectivity index (χ0) is 13.8. The van der Waals surface area contributed by atoms with Gasteiger partial charge in [0.25, 0.3) is 0 Å². The van der Waals surface area contributed by atoms with Gasteiger partial charge in [-0.05, 0) is 30.0 Å². The summed E-state index contributed by atoms with van der Waals surface area (Å²) in [5, 5.41) is 0. The zero-order valence-corrected chi connectivity index (χ0v) is 11.8. The molecule has 3 N–H and O–H groups in total. The van der Waals surface area contributed by atoms with Crippen LogP contribution >= 0.6 is 7.82 Å². The van der Waals surface area contributed by atoms with Crippen molar-refractivity contribution < 1.29 is 18.5 Å². The Morgan fingerprint density at radius 1 is 1.44 bits per heavy atom. The van der Waals surface area contributed by atoms with Crippen LogP contribution in [-0.2, 0) is 9.09 Å². The van der Waals surface area contributed by atoms with Gasteiger partial charge in [0.15, 0.2) is 0 Å². The largest absolute Gasteiger partial charge is 0.527 e. The minimum Gasteiger partial charge on any atom is -0.404 e. The Labute approximate surface area is 108 Å². The number of nitrogens with two attached hydrogens (primary N) is 1. The molecule has 0 aromatic heterocycles. The molecule has 0 saturated carbocycles. The molecule has 1 atom stereocenters. The van der Waals surface area contributed by atoms with Gasteiger partial charge in [-0.25, -0.2) is 4.57 Å². The van der Waals surface area contributed by atoms with Crippen molar-refractivity contribution in [1.82, 2.24) is 0 Å². The van der Waals surface area contributed by atoms with Crippen LogP contribution in [0.1, 0.15) is 30.9 Å². The van der Waals surface area contributed by atoms with Gasteiger partial charge in [0, 0.05) is 6.54 Å². The summed E-state index contributed by atoms with van der Waals surface area (Å²) in [6.07, 6.45) is 0. The summed E-state index contributed by atoms with van der Waals surface area (Å²) in [6, 6.07) is 5.58. The van der Waals surface area contributed by atoms with E-state index in [0.717, 1.165) is 11.1 Å². The van der Waals surface area contributed by atoms with Crippen molar-refractivity contribution in [3.8, 4) is 5.75 Å². The van der Waals surface area contributed by atoms with Gasteiger partial charge in [0.05, 0.1) is 6.61 Å². The first-order valence-electron chi connectivity index (χ1n) is 5.83. The second-order valence-electron chi connectivity index (χ2n) is 4.36. The molecule has 0 bridgehead atoms. The van der Waals surface area contributed by atoms with Crippen LogP contribution in [-0.4, -0.2) is 18.0 Å². The van der Waals surface area contributed by atoms with Crippen molar-refractivity contribution in [3.05, 3.63) is 29.3 Å². The number of aryl methyl sites for hydroxylation is 1. The second kappa shape index (κ2) is 6.34. The molecule has 6 heteroatoms. The minimum atomic E-state index is -4.09. The van der Waals surface area contributed by atoms with E-state index in [-0.39, 0.29) is 13.2 Å². The highest BCUT2D eigenvalue weighted by Gasteiger charge is 2.23. The quantitative estimate of drug-likeness (QED) is 0.778. The Bertz CT molecular complexity index is 448. The fourth-order valence-electron chi connectivity index (χ4n) is 1.39. The van der Waals surface area contributed by atoms with E-state index in [0.29, 0.717) is 11.7 Å². The van der Waals surface area contributed by atoms with Gasteiger partial charge >= 0.3 is 7.82 Å². The Kier molecular flexibility index (Phi) is 5.35. The van der Waals surface area contributed by atoms with E-state index in [1.165, 1.54) is 0 Å². The molecular weight excluding hydrogens is 253 g/mol. The second-order valence-corrected chi connectivity index (χ2v) is 5.74. The lowest BCUT2D eigenvalue weighted by atomic mass is 10.0. The van der Waals surface area contributed by atoms with Gasteiger partial charge in [-0.1, -0.05) is 26.0 Å². The predicted molar refractivity (Wildman–Crippen MR) is 70.7 cm³/mol. The molecule has 102 valence electrons. The number of hydrogen-bond acceptors (Lipinski definition) is 4. The Morgan fingerprint density at radius 3 is 2.67 bits per heavy atom. The van der Waals surface area contributed by atoms with Crippen LogP contribution in [0.2, 0.25) is 0 Å². The molecule has 0 amide bonds. The van der Waals surface area contributed by atoms with Crippen molar-refractivity contribution in [1.29, 1.82) is 0 Å². The van der Waals surface area contributed by atoms with Crippen molar-refractivity contribution >= 4 is 7.82 Å². The maximum absolute atomic E-state index is 11.6. The maximum Gasteiger partial charge on any atom is 0.527 e. The van der Waals surface area contributed by atoms with Gasteiger partial charge in [-0.2, -0.15) is 0 Å². The lowest BCUT2D eigenvalue weighted by Gasteiger charge is -2.16. The van der Waals surface area contributed by atoms with Gasteiger partial charge in [-0.15, -0.1) is 0 Å². The molecule has 1 unspecified atom stereocenters. The fourth-order valence-corrected chi connectivity index (χ4v) is 2.23. The van der Waals surface area contributed by atoms with Gasteiger partial charge in [0.1, 0.15) is 5.75 Å². The molecule has 0 fully saturated rings. The molecule has 0 saturated heterocycles. The number of phosphoric ester groups is 1. The van der Waals surface area contributed by atoms with E-state index in [1.54, 1.807) is 6.07 Å². The first-order valence-corrected chi connectivity index (χ1v) is 7.33. The monoisotopic (exact) mass is 273 g/mol. The van der Waals surface area contributed by atoms with Crippen LogP contribution in [0.25, 0.3) is 0 Å². The smallest absolute Gasteiger partial charge is 0.404 e. The number of rotatable bonds is 6. The van der Waals surface area contributed by atoms with Crippen LogP contribution in [0.15, 0.2) is 18.2 Å². The summed E-state index contributed by atoms with van der Waals surface area (Å²) >= 11 is 0. The predicted octanol–water partition coefficient (Wildman–Crippen LogP) is 2.57. The fraction of sp³-hybridized carbons (Fsp3) is 0.500. The molecule has 1 aromatic rings. The third-order valence-electron chi connectivity index (χ3n) is 2.46. The minimum absolute atomic E-state index is 0.0172.